The third-order valence-electron chi connectivity index (χ3n) is 4.41. The molecule has 0 atom stereocenters. The first kappa shape index (κ1) is 14.4. The summed E-state index contributed by atoms with van der Waals surface area (Å²) in [4.78, 5) is 5.08. The number of benzene rings is 2. The summed E-state index contributed by atoms with van der Waals surface area (Å²) in [6.45, 7) is 9.10. The maximum Gasteiger partial charge on any atom is 0.0366 e. The van der Waals surface area contributed by atoms with Gasteiger partial charge in [-0.3, -0.25) is 4.90 Å². The first-order chi connectivity index (χ1) is 10.3. The van der Waals surface area contributed by atoms with E-state index >= 15 is 0 Å². The molecule has 1 aliphatic rings. The van der Waals surface area contributed by atoms with Crippen LogP contribution in [0.25, 0.3) is 10.8 Å². The smallest absolute Gasteiger partial charge is 0.0366 e. The number of piperazine rings is 1. The lowest BCUT2D eigenvalue weighted by Crippen LogP contribution is -2.46. The molecule has 1 heterocycles. The predicted octanol–water partition coefficient (Wildman–Crippen LogP) is 2.95. The molecule has 0 bridgehead atoms. The molecule has 0 amide bonds. The first-order valence-corrected chi connectivity index (χ1v) is 7.98. The van der Waals surface area contributed by atoms with E-state index in [4.69, 9.17) is 5.73 Å². The molecule has 2 N–H and O–H groups in total. The quantitative estimate of drug-likeness (QED) is 0.876. The van der Waals surface area contributed by atoms with Gasteiger partial charge in [-0.05, 0) is 41.4 Å². The third kappa shape index (κ3) is 3.36. The number of nitrogen functional groups attached to an aromatic ring is 1. The van der Waals surface area contributed by atoms with E-state index in [1.807, 2.05) is 0 Å². The molecule has 0 unspecified atom stereocenters. The van der Waals surface area contributed by atoms with Crippen LogP contribution in [0, 0.1) is 0 Å². The number of rotatable bonds is 4. The average molecular weight is 283 g/mol. The van der Waals surface area contributed by atoms with Crippen molar-refractivity contribution in [1.82, 2.24) is 9.80 Å². The van der Waals surface area contributed by atoms with E-state index in [9.17, 15) is 0 Å². The van der Waals surface area contributed by atoms with Gasteiger partial charge in [0.2, 0.25) is 0 Å². The molecule has 0 aromatic heterocycles. The highest BCUT2D eigenvalue weighted by Gasteiger charge is 2.17. The molecule has 112 valence electrons. The summed E-state index contributed by atoms with van der Waals surface area (Å²) in [7, 11) is 0. The Morgan fingerprint density at radius 2 is 1.57 bits per heavy atom. The normalized spacial score (nSPS) is 17.4. The highest BCUT2D eigenvalue weighted by molar-refractivity contribution is 5.86. The summed E-state index contributed by atoms with van der Waals surface area (Å²) >= 11 is 0. The Bertz CT molecular complexity index is 600. The lowest BCUT2D eigenvalue weighted by molar-refractivity contribution is 0.127. The minimum Gasteiger partial charge on any atom is -0.398 e. The first-order valence-electron chi connectivity index (χ1n) is 7.98. The second-order valence-corrected chi connectivity index (χ2v) is 6.02. The molecule has 1 saturated heterocycles. The standard InChI is InChI=1S/C18H25N3/c1-2-7-20-8-10-21(11-9-20)14-17-12-15-5-3-4-6-16(15)13-18(17)19/h3-6,12-13H,2,7-11,14,19H2,1H3. The van der Waals surface area contributed by atoms with Gasteiger partial charge in [0.25, 0.3) is 0 Å². The van der Waals surface area contributed by atoms with Crippen LogP contribution in [0.3, 0.4) is 0 Å². The van der Waals surface area contributed by atoms with Gasteiger partial charge in [0.1, 0.15) is 0 Å². The highest BCUT2D eigenvalue weighted by atomic mass is 15.3. The van der Waals surface area contributed by atoms with E-state index in [0.29, 0.717) is 0 Å². The van der Waals surface area contributed by atoms with Crippen molar-refractivity contribution in [2.24, 2.45) is 0 Å². The van der Waals surface area contributed by atoms with E-state index in [-0.39, 0.29) is 0 Å². The third-order valence-corrected chi connectivity index (χ3v) is 4.41. The Kier molecular flexibility index (Phi) is 4.42. The predicted molar refractivity (Wildman–Crippen MR) is 90.4 cm³/mol. The van der Waals surface area contributed by atoms with Crippen molar-refractivity contribution < 1.29 is 0 Å². The molecule has 0 saturated carbocycles. The van der Waals surface area contributed by atoms with Gasteiger partial charge in [0.15, 0.2) is 0 Å². The van der Waals surface area contributed by atoms with Crippen LogP contribution in [0.5, 0.6) is 0 Å². The van der Waals surface area contributed by atoms with Crippen molar-refractivity contribution in [3.63, 3.8) is 0 Å². The van der Waals surface area contributed by atoms with Crippen LogP contribution >= 0.6 is 0 Å². The molecule has 1 aliphatic heterocycles. The van der Waals surface area contributed by atoms with Gasteiger partial charge in [-0.1, -0.05) is 31.2 Å². The second kappa shape index (κ2) is 6.46. The Hall–Kier alpha value is -1.58. The van der Waals surface area contributed by atoms with Gasteiger partial charge in [-0.15, -0.1) is 0 Å². The van der Waals surface area contributed by atoms with Crippen LogP contribution in [-0.2, 0) is 6.54 Å². The van der Waals surface area contributed by atoms with Gasteiger partial charge in [-0.2, -0.15) is 0 Å². The molecule has 0 aliphatic carbocycles. The largest absolute Gasteiger partial charge is 0.398 e. The zero-order chi connectivity index (χ0) is 14.7. The van der Waals surface area contributed by atoms with E-state index in [1.165, 1.54) is 42.4 Å². The topological polar surface area (TPSA) is 32.5 Å². The number of nitrogens with two attached hydrogens (primary N) is 1. The van der Waals surface area contributed by atoms with Crippen molar-refractivity contribution in [2.75, 3.05) is 38.5 Å². The van der Waals surface area contributed by atoms with Crippen molar-refractivity contribution >= 4 is 16.5 Å². The number of hydrogen-bond acceptors (Lipinski definition) is 3. The molecular formula is C18H25N3. The molecule has 21 heavy (non-hydrogen) atoms. The van der Waals surface area contributed by atoms with Crippen LogP contribution < -0.4 is 5.73 Å². The van der Waals surface area contributed by atoms with Gasteiger partial charge in [0, 0.05) is 38.4 Å². The molecule has 2 aromatic rings. The Labute approximate surface area is 127 Å². The van der Waals surface area contributed by atoms with Gasteiger partial charge in [0.05, 0.1) is 0 Å². The van der Waals surface area contributed by atoms with E-state index in [1.54, 1.807) is 0 Å². The van der Waals surface area contributed by atoms with Gasteiger partial charge < -0.3 is 10.6 Å². The molecular weight excluding hydrogens is 258 g/mol. The summed E-state index contributed by atoms with van der Waals surface area (Å²) in [5.74, 6) is 0. The SMILES string of the molecule is CCCN1CCN(Cc2cc3ccccc3cc2N)CC1. The summed E-state index contributed by atoms with van der Waals surface area (Å²) in [6.07, 6.45) is 1.25. The maximum atomic E-state index is 6.24. The van der Waals surface area contributed by atoms with Crippen LogP contribution in [0.4, 0.5) is 5.69 Å². The summed E-state index contributed by atoms with van der Waals surface area (Å²) in [6, 6.07) is 12.8. The second-order valence-electron chi connectivity index (χ2n) is 6.02. The summed E-state index contributed by atoms with van der Waals surface area (Å²) < 4.78 is 0. The number of hydrogen-bond donors (Lipinski definition) is 1. The van der Waals surface area contributed by atoms with Gasteiger partial charge >= 0.3 is 0 Å². The number of anilines is 1. The number of nitrogens with zero attached hydrogens (tertiary/aromatic N) is 2. The summed E-state index contributed by atoms with van der Waals surface area (Å²) in [5, 5.41) is 2.51. The Morgan fingerprint density at radius 3 is 2.24 bits per heavy atom. The molecule has 0 spiro atoms. The maximum absolute atomic E-state index is 6.24. The molecule has 2 aromatic carbocycles. The summed E-state index contributed by atoms with van der Waals surface area (Å²) in [5.41, 5.74) is 8.42. The van der Waals surface area contributed by atoms with Crippen molar-refractivity contribution in [2.45, 2.75) is 19.9 Å². The lowest BCUT2D eigenvalue weighted by Gasteiger charge is -2.34. The average Bonchev–Trinajstić information content (AvgIpc) is 2.50. The van der Waals surface area contributed by atoms with Crippen LogP contribution in [0.2, 0.25) is 0 Å². The van der Waals surface area contributed by atoms with Crippen molar-refractivity contribution in [3.05, 3.63) is 42.0 Å². The molecule has 3 heteroatoms. The lowest BCUT2D eigenvalue weighted by atomic mass is 10.0. The fraction of sp³-hybridized carbons (Fsp3) is 0.444. The van der Waals surface area contributed by atoms with Crippen molar-refractivity contribution in [1.29, 1.82) is 0 Å². The van der Waals surface area contributed by atoms with E-state index < -0.39 is 0 Å². The minimum atomic E-state index is 0.921. The molecule has 3 rings (SSSR count). The Morgan fingerprint density at radius 1 is 0.952 bits per heavy atom. The van der Waals surface area contributed by atoms with Gasteiger partial charge in [-0.25, -0.2) is 0 Å². The van der Waals surface area contributed by atoms with E-state index in [2.05, 4.69) is 53.1 Å². The Balaban J connectivity index is 1.69. The fourth-order valence-electron chi connectivity index (χ4n) is 3.17. The van der Waals surface area contributed by atoms with Crippen LogP contribution in [0.1, 0.15) is 18.9 Å². The van der Waals surface area contributed by atoms with Crippen LogP contribution in [0.15, 0.2) is 36.4 Å². The molecule has 3 nitrogen and oxygen atoms in total. The minimum absolute atomic E-state index is 0.921. The zero-order valence-electron chi connectivity index (χ0n) is 12.9. The highest BCUT2D eigenvalue weighted by Crippen LogP contribution is 2.23. The van der Waals surface area contributed by atoms with Crippen LogP contribution in [-0.4, -0.2) is 42.5 Å². The molecule has 0 radical (unpaired) electrons. The zero-order valence-corrected chi connectivity index (χ0v) is 12.9. The van der Waals surface area contributed by atoms with E-state index in [0.717, 1.165) is 25.3 Å². The monoisotopic (exact) mass is 283 g/mol. The van der Waals surface area contributed by atoms with Crippen molar-refractivity contribution in [3.8, 4) is 0 Å². The fourth-order valence-corrected chi connectivity index (χ4v) is 3.17. The molecule has 1 fully saturated rings. The number of fused-ring (bicyclic) bond motifs is 1.